The molecule has 4 heterocycles. The SMILES string of the molecule is Cc1cc2c(NC3CC3)nc(-c3ccc(O)c(CC(C)Nc4nc(-c5ccccc5)nc5[nH]c(C(F)(F)F)cc45)c3)nc2[nH]1. The number of halogens is 3. The van der Waals surface area contributed by atoms with E-state index in [2.05, 4.69) is 30.6 Å². The third kappa shape index (κ3) is 5.50. The number of aromatic amines is 2. The molecule has 0 amide bonds. The molecule has 9 nitrogen and oxygen atoms in total. The van der Waals surface area contributed by atoms with E-state index >= 15 is 0 Å². The Hall–Kier alpha value is -5.13. The van der Waals surface area contributed by atoms with Crippen LogP contribution < -0.4 is 10.6 Å². The van der Waals surface area contributed by atoms with Gasteiger partial charge in [0.1, 0.15) is 34.4 Å². The molecule has 0 spiro atoms. The number of nitrogens with one attached hydrogen (secondary N) is 4. The van der Waals surface area contributed by atoms with Crippen LogP contribution in [0.5, 0.6) is 5.75 Å². The minimum atomic E-state index is -4.57. The maximum Gasteiger partial charge on any atom is 0.431 e. The number of benzene rings is 2. The Morgan fingerprint density at radius 2 is 1.55 bits per heavy atom. The third-order valence-corrected chi connectivity index (χ3v) is 7.61. The zero-order valence-electron chi connectivity index (χ0n) is 23.9. The summed E-state index contributed by atoms with van der Waals surface area (Å²) in [6.45, 7) is 3.85. The molecule has 0 saturated heterocycles. The van der Waals surface area contributed by atoms with Gasteiger partial charge in [-0.2, -0.15) is 13.2 Å². The summed E-state index contributed by atoms with van der Waals surface area (Å²) in [5.41, 5.74) is 2.91. The van der Waals surface area contributed by atoms with Gasteiger partial charge in [-0.05, 0) is 69.0 Å². The van der Waals surface area contributed by atoms with Gasteiger partial charge in [0.05, 0.1) is 10.8 Å². The lowest BCUT2D eigenvalue weighted by Gasteiger charge is -2.17. The first kappa shape index (κ1) is 27.7. The van der Waals surface area contributed by atoms with Crippen molar-refractivity contribution in [1.29, 1.82) is 0 Å². The molecule has 1 fully saturated rings. The number of aromatic nitrogens is 6. The van der Waals surface area contributed by atoms with Crippen LogP contribution in [0.2, 0.25) is 0 Å². The molecule has 1 atom stereocenters. The summed E-state index contributed by atoms with van der Waals surface area (Å²) in [6.07, 6.45) is -2.02. The minimum absolute atomic E-state index is 0.0772. The summed E-state index contributed by atoms with van der Waals surface area (Å²) in [6, 6.07) is 17.4. The fourth-order valence-electron chi connectivity index (χ4n) is 5.29. The summed E-state index contributed by atoms with van der Waals surface area (Å²) in [5.74, 6) is 1.93. The van der Waals surface area contributed by atoms with Crippen molar-refractivity contribution < 1.29 is 18.3 Å². The van der Waals surface area contributed by atoms with Crippen LogP contribution >= 0.6 is 0 Å². The summed E-state index contributed by atoms with van der Waals surface area (Å²) in [4.78, 5) is 24.2. The van der Waals surface area contributed by atoms with Crippen LogP contribution in [0.4, 0.5) is 24.8 Å². The zero-order chi connectivity index (χ0) is 30.6. The standard InChI is InChI=1S/C32H29F3N8O/c1-16(36-29-23-15-25(32(33,34)35)39-31(23)41-26(40-29)18-6-4-3-5-7-18)12-20-14-19(8-11-24(20)44)27-42-28-22(13-17(2)37-28)30(43-27)38-21-9-10-21/h3-8,11,13-16,21,44H,9-10,12H2,1-2H3,(H2,36,39,40,41)(H2,37,38,42,43). The molecule has 1 aliphatic rings. The number of phenols is 1. The van der Waals surface area contributed by atoms with Crippen LogP contribution in [0.3, 0.4) is 0 Å². The van der Waals surface area contributed by atoms with Gasteiger partial charge in [0.25, 0.3) is 0 Å². The molecule has 224 valence electrons. The number of anilines is 2. The van der Waals surface area contributed by atoms with E-state index in [1.54, 1.807) is 24.3 Å². The lowest BCUT2D eigenvalue weighted by molar-refractivity contribution is -0.140. The van der Waals surface area contributed by atoms with Gasteiger partial charge in [0.15, 0.2) is 11.6 Å². The first-order valence-electron chi connectivity index (χ1n) is 14.4. The monoisotopic (exact) mass is 598 g/mol. The smallest absolute Gasteiger partial charge is 0.431 e. The average molecular weight is 599 g/mol. The molecule has 0 radical (unpaired) electrons. The molecule has 1 saturated carbocycles. The lowest BCUT2D eigenvalue weighted by Crippen LogP contribution is -2.19. The van der Waals surface area contributed by atoms with Crippen molar-refractivity contribution >= 4 is 33.7 Å². The Balaban J connectivity index is 1.20. The normalized spacial score (nSPS) is 14.3. The molecule has 7 rings (SSSR count). The van der Waals surface area contributed by atoms with E-state index in [-0.39, 0.29) is 34.5 Å². The average Bonchev–Trinajstić information content (AvgIpc) is 3.54. The van der Waals surface area contributed by atoms with Crippen LogP contribution in [-0.4, -0.2) is 47.1 Å². The Morgan fingerprint density at radius 1 is 0.864 bits per heavy atom. The number of alkyl halides is 3. The van der Waals surface area contributed by atoms with Crippen molar-refractivity contribution in [3.63, 3.8) is 0 Å². The molecular formula is C32H29F3N8O. The van der Waals surface area contributed by atoms with Crippen molar-refractivity contribution in [3.8, 4) is 28.5 Å². The molecule has 1 aliphatic carbocycles. The van der Waals surface area contributed by atoms with Gasteiger partial charge < -0.3 is 25.7 Å². The predicted octanol–water partition coefficient (Wildman–Crippen LogP) is 7.21. The topological polar surface area (TPSA) is 127 Å². The number of rotatable bonds is 8. The van der Waals surface area contributed by atoms with Crippen LogP contribution in [-0.2, 0) is 12.6 Å². The molecule has 0 bridgehead atoms. The number of fused-ring (bicyclic) bond motifs is 2. The molecule has 0 aliphatic heterocycles. The second kappa shape index (κ2) is 10.5. The first-order valence-corrected chi connectivity index (χ1v) is 14.4. The Labute approximate surface area is 250 Å². The maximum absolute atomic E-state index is 13.6. The number of hydrogen-bond donors (Lipinski definition) is 5. The van der Waals surface area contributed by atoms with Gasteiger partial charge in [0, 0.05) is 28.9 Å². The Bertz CT molecular complexity index is 2000. The van der Waals surface area contributed by atoms with Crippen LogP contribution in [0.1, 0.15) is 36.7 Å². The first-order chi connectivity index (χ1) is 21.1. The summed E-state index contributed by atoms with van der Waals surface area (Å²) >= 11 is 0. The second-order valence-corrected chi connectivity index (χ2v) is 11.3. The van der Waals surface area contributed by atoms with E-state index in [9.17, 15) is 18.3 Å². The van der Waals surface area contributed by atoms with Crippen LogP contribution in [0, 0.1) is 6.92 Å². The molecule has 12 heteroatoms. The van der Waals surface area contributed by atoms with Gasteiger partial charge in [0.2, 0.25) is 0 Å². The molecule has 1 unspecified atom stereocenters. The quantitative estimate of drug-likeness (QED) is 0.125. The van der Waals surface area contributed by atoms with Crippen molar-refractivity contribution in [1.82, 2.24) is 29.9 Å². The van der Waals surface area contributed by atoms with Gasteiger partial charge in [-0.1, -0.05) is 30.3 Å². The van der Waals surface area contributed by atoms with Crippen molar-refractivity contribution in [2.75, 3.05) is 10.6 Å². The van der Waals surface area contributed by atoms with E-state index in [1.807, 2.05) is 44.2 Å². The number of nitrogens with zero attached hydrogens (tertiary/aromatic N) is 4. The number of H-pyrrole nitrogens is 2. The molecule has 6 aromatic rings. The number of aryl methyl sites for hydroxylation is 1. The largest absolute Gasteiger partial charge is 0.508 e. The van der Waals surface area contributed by atoms with Gasteiger partial charge in [-0.25, -0.2) is 19.9 Å². The lowest BCUT2D eigenvalue weighted by atomic mass is 10.0. The number of hydrogen-bond acceptors (Lipinski definition) is 7. The van der Waals surface area contributed by atoms with Crippen molar-refractivity contribution in [2.45, 2.75) is 51.4 Å². The van der Waals surface area contributed by atoms with E-state index in [1.165, 1.54) is 0 Å². The zero-order valence-corrected chi connectivity index (χ0v) is 23.9. The van der Waals surface area contributed by atoms with E-state index in [0.29, 0.717) is 29.4 Å². The van der Waals surface area contributed by atoms with E-state index in [4.69, 9.17) is 9.97 Å². The van der Waals surface area contributed by atoms with Crippen LogP contribution in [0.25, 0.3) is 44.8 Å². The molecule has 4 aromatic heterocycles. The fourth-order valence-corrected chi connectivity index (χ4v) is 5.29. The minimum Gasteiger partial charge on any atom is -0.508 e. The molecule has 5 N–H and O–H groups in total. The summed E-state index contributed by atoms with van der Waals surface area (Å²) in [5, 5.41) is 18.7. The van der Waals surface area contributed by atoms with E-state index < -0.39 is 11.9 Å². The predicted molar refractivity (Wildman–Crippen MR) is 163 cm³/mol. The number of phenolic OH excluding ortho intramolecular Hbond substituents is 1. The van der Waals surface area contributed by atoms with E-state index in [0.717, 1.165) is 47.0 Å². The summed E-state index contributed by atoms with van der Waals surface area (Å²) in [7, 11) is 0. The highest BCUT2D eigenvalue weighted by Crippen LogP contribution is 2.35. The highest BCUT2D eigenvalue weighted by atomic mass is 19.4. The van der Waals surface area contributed by atoms with Crippen LogP contribution in [0.15, 0.2) is 60.7 Å². The Kier molecular flexibility index (Phi) is 6.64. The fraction of sp³-hybridized carbons (Fsp3) is 0.250. The van der Waals surface area contributed by atoms with Crippen molar-refractivity contribution in [3.05, 3.63) is 77.6 Å². The van der Waals surface area contributed by atoms with Gasteiger partial charge >= 0.3 is 6.18 Å². The highest BCUT2D eigenvalue weighted by molar-refractivity contribution is 5.90. The number of aromatic hydroxyl groups is 1. The molecule has 2 aromatic carbocycles. The summed E-state index contributed by atoms with van der Waals surface area (Å²) < 4.78 is 40.8. The Morgan fingerprint density at radius 3 is 2.27 bits per heavy atom. The van der Waals surface area contributed by atoms with Gasteiger partial charge in [-0.15, -0.1) is 0 Å². The highest BCUT2D eigenvalue weighted by Gasteiger charge is 2.33. The third-order valence-electron chi connectivity index (χ3n) is 7.61. The maximum atomic E-state index is 13.6. The molecule has 44 heavy (non-hydrogen) atoms. The van der Waals surface area contributed by atoms with Crippen molar-refractivity contribution in [2.24, 2.45) is 0 Å². The second-order valence-electron chi connectivity index (χ2n) is 11.3. The molecular weight excluding hydrogens is 569 g/mol. The van der Waals surface area contributed by atoms with Gasteiger partial charge in [-0.3, -0.25) is 0 Å².